The number of alkyl halides is 3. The predicted molar refractivity (Wildman–Crippen MR) is 98.9 cm³/mol. The van der Waals surface area contributed by atoms with E-state index in [1.807, 2.05) is 0 Å². The van der Waals surface area contributed by atoms with Crippen molar-refractivity contribution in [2.24, 2.45) is 0 Å². The minimum atomic E-state index is -4.64. The van der Waals surface area contributed by atoms with Gasteiger partial charge >= 0.3 is 12.2 Å². The molecule has 0 radical (unpaired) electrons. The van der Waals surface area contributed by atoms with Crippen molar-refractivity contribution < 1.29 is 18.0 Å². The molecule has 0 bridgehead atoms. The molecule has 28 heavy (non-hydrogen) atoms. The fourth-order valence-corrected chi connectivity index (χ4v) is 2.82. The van der Waals surface area contributed by atoms with Crippen molar-refractivity contribution in [2.75, 3.05) is 5.32 Å². The lowest BCUT2D eigenvalue weighted by molar-refractivity contribution is -0.138. The Bertz CT molecular complexity index is 967. The number of halogens is 4. The fraction of sp³-hybridized carbons (Fsp3) is 0.105. The minimum Gasteiger partial charge on any atom is -0.325 e. The van der Waals surface area contributed by atoms with Crippen LogP contribution in [0.25, 0.3) is 0 Å². The Morgan fingerprint density at radius 2 is 1.86 bits per heavy atom. The number of rotatable bonds is 4. The van der Waals surface area contributed by atoms with Crippen LogP contribution in [0.5, 0.6) is 0 Å². The van der Waals surface area contributed by atoms with Crippen LogP contribution < -0.4 is 10.6 Å². The Morgan fingerprint density at radius 3 is 2.54 bits per heavy atom. The minimum absolute atomic E-state index is 0.321. The number of amides is 2. The van der Waals surface area contributed by atoms with Crippen molar-refractivity contribution in [1.82, 2.24) is 15.3 Å². The van der Waals surface area contributed by atoms with Gasteiger partial charge in [-0.2, -0.15) is 13.2 Å². The van der Waals surface area contributed by atoms with Crippen LogP contribution in [0.15, 0.2) is 67.1 Å². The zero-order valence-corrected chi connectivity index (χ0v) is 15.0. The van der Waals surface area contributed by atoms with Gasteiger partial charge in [0.2, 0.25) is 0 Å². The van der Waals surface area contributed by atoms with Crippen LogP contribution in [0, 0.1) is 0 Å². The van der Waals surface area contributed by atoms with E-state index in [2.05, 4.69) is 20.6 Å². The standard InChI is InChI=1S/C19H14ClF3N4O/c20-13-5-1-4-12(10-13)16(17-15(19(21,22)23)7-3-9-25-17)27-18(28)26-14-6-2-8-24-11-14/h1-11,16H,(H2,26,27,28). The highest BCUT2D eigenvalue weighted by molar-refractivity contribution is 6.30. The maximum Gasteiger partial charge on any atom is 0.418 e. The molecule has 3 rings (SSSR count). The van der Waals surface area contributed by atoms with E-state index < -0.39 is 23.8 Å². The van der Waals surface area contributed by atoms with Crippen LogP contribution in [-0.2, 0) is 6.18 Å². The average molecular weight is 407 g/mol. The molecule has 1 atom stereocenters. The van der Waals surface area contributed by atoms with E-state index in [0.29, 0.717) is 16.3 Å². The summed E-state index contributed by atoms with van der Waals surface area (Å²) in [5.74, 6) is 0. The van der Waals surface area contributed by atoms with Crippen LogP contribution in [0.2, 0.25) is 5.02 Å². The lowest BCUT2D eigenvalue weighted by Gasteiger charge is -2.22. The number of pyridine rings is 2. The van der Waals surface area contributed by atoms with Gasteiger partial charge in [-0.05, 0) is 42.0 Å². The van der Waals surface area contributed by atoms with E-state index in [1.165, 1.54) is 30.7 Å². The molecule has 0 spiro atoms. The van der Waals surface area contributed by atoms with E-state index in [9.17, 15) is 18.0 Å². The van der Waals surface area contributed by atoms with E-state index in [1.54, 1.807) is 30.3 Å². The first-order chi connectivity index (χ1) is 13.3. The van der Waals surface area contributed by atoms with Gasteiger partial charge in [-0.1, -0.05) is 23.7 Å². The molecule has 0 aliphatic heterocycles. The monoisotopic (exact) mass is 406 g/mol. The van der Waals surface area contributed by atoms with Gasteiger partial charge in [-0.3, -0.25) is 9.97 Å². The molecule has 2 amide bonds. The summed E-state index contributed by atoms with van der Waals surface area (Å²) in [6, 6.07) is 9.65. The van der Waals surface area contributed by atoms with Crippen LogP contribution in [0.3, 0.4) is 0 Å². The summed E-state index contributed by atoms with van der Waals surface area (Å²) >= 11 is 5.99. The smallest absolute Gasteiger partial charge is 0.325 e. The SMILES string of the molecule is O=C(Nc1cccnc1)NC(c1cccc(Cl)c1)c1ncccc1C(F)(F)F. The van der Waals surface area contributed by atoms with Crippen molar-refractivity contribution in [3.8, 4) is 0 Å². The summed E-state index contributed by atoms with van der Waals surface area (Å²) in [4.78, 5) is 20.2. The van der Waals surface area contributed by atoms with Crippen molar-refractivity contribution in [3.63, 3.8) is 0 Å². The number of carbonyl (C=O) groups excluding carboxylic acids is 1. The van der Waals surface area contributed by atoms with Gasteiger partial charge in [0.25, 0.3) is 0 Å². The number of benzene rings is 1. The van der Waals surface area contributed by atoms with Crippen LogP contribution in [0.4, 0.5) is 23.7 Å². The Morgan fingerprint density at radius 1 is 1.07 bits per heavy atom. The molecular weight excluding hydrogens is 393 g/mol. The van der Waals surface area contributed by atoms with Gasteiger partial charge in [0.15, 0.2) is 0 Å². The van der Waals surface area contributed by atoms with Gasteiger partial charge in [0, 0.05) is 17.4 Å². The zero-order valence-electron chi connectivity index (χ0n) is 14.2. The zero-order chi connectivity index (χ0) is 20.1. The number of anilines is 1. The van der Waals surface area contributed by atoms with Crippen molar-refractivity contribution in [2.45, 2.75) is 12.2 Å². The van der Waals surface area contributed by atoms with E-state index >= 15 is 0 Å². The molecule has 0 aliphatic rings. The summed E-state index contributed by atoms with van der Waals surface area (Å²) in [6.07, 6.45) is -0.456. The molecule has 9 heteroatoms. The summed E-state index contributed by atoms with van der Waals surface area (Å²) in [6.45, 7) is 0. The summed E-state index contributed by atoms with van der Waals surface area (Å²) in [7, 11) is 0. The first-order valence-electron chi connectivity index (χ1n) is 8.10. The summed E-state index contributed by atoms with van der Waals surface area (Å²) < 4.78 is 40.5. The maximum absolute atomic E-state index is 13.5. The largest absolute Gasteiger partial charge is 0.418 e. The number of urea groups is 1. The highest BCUT2D eigenvalue weighted by Crippen LogP contribution is 2.35. The topological polar surface area (TPSA) is 66.9 Å². The van der Waals surface area contributed by atoms with Gasteiger partial charge in [-0.15, -0.1) is 0 Å². The number of nitrogens with one attached hydrogen (secondary N) is 2. The van der Waals surface area contributed by atoms with Crippen LogP contribution >= 0.6 is 11.6 Å². The molecule has 144 valence electrons. The summed E-state index contributed by atoms with van der Waals surface area (Å²) in [5, 5.41) is 5.39. The Hall–Kier alpha value is -3.13. The second kappa shape index (κ2) is 8.26. The molecule has 1 aromatic carbocycles. The second-order valence-electron chi connectivity index (χ2n) is 5.76. The highest BCUT2D eigenvalue weighted by atomic mass is 35.5. The van der Waals surface area contributed by atoms with Crippen molar-refractivity contribution in [3.05, 3.63) is 89.0 Å². The Balaban J connectivity index is 1.99. The molecule has 2 aromatic heterocycles. The quantitative estimate of drug-likeness (QED) is 0.636. The number of hydrogen-bond acceptors (Lipinski definition) is 3. The number of aromatic nitrogens is 2. The normalized spacial score (nSPS) is 12.3. The fourth-order valence-electron chi connectivity index (χ4n) is 2.62. The molecule has 1 unspecified atom stereocenters. The molecule has 0 fully saturated rings. The van der Waals surface area contributed by atoms with Gasteiger partial charge in [-0.25, -0.2) is 4.79 Å². The highest BCUT2D eigenvalue weighted by Gasteiger charge is 2.37. The lowest BCUT2D eigenvalue weighted by atomic mass is 9.99. The van der Waals surface area contributed by atoms with Crippen molar-refractivity contribution in [1.29, 1.82) is 0 Å². The van der Waals surface area contributed by atoms with E-state index in [-0.39, 0.29) is 5.69 Å². The van der Waals surface area contributed by atoms with E-state index in [4.69, 9.17) is 11.6 Å². The number of hydrogen-bond donors (Lipinski definition) is 2. The Kier molecular flexibility index (Phi) is 5.79. The van der Waals surface area contributed by atoms with E-state index in [0.717, 1.165) is 6.07 Å². The Labute approximate surface area is 163 Å². The third-order valence-electron chi connectivity index (χ3n) is 3.79. The average Bonchev–Trinajstić information content (AvgIpc) is 2.66. The number of nitrogens with zero attached hydrogens (tertiary/aromatic N) is 2. The molecule has 3 aromatic rings. The second-order valence-corrected chi connectivity index (χ2v) is 6.20. The number of carbonyl (C=O) groups is 1. The predicted octanol–water partition coefficient (Wildman–Crippen LogP) is 5.06. The third-order valence-corrected chi connectivity index (χ3v) is 4.03. The van der Waals surface area contributed by atoms with Crippen LogP contribution in [-0.4, -0.2) is 16.0 Å². The summed E-state index contributed by atoms with van der Waals surface area (Å²) in [5.41, 5.74) is -0.528. The van der Waals surface area contributed by atoms with Crippen LogP contribution in [0.1, 0.15) is 22.9 Å². The molecular formula is C19H14ClF3N4O. The van der Waals surface area contributed by atoms with Gasteiger partial charge < -0.3 is 10.6 Å². The van der Waals surface area contributed by atoms with Gasteiger partial charge in [0.1, 0.15) is 0 Å². The van der Waals surface area contributed by atoms with Crippen molar-refractivity contribution >= 4 is 23.3 Å². The maximum atomic E-state index is 13.5. The first-order valence-corrected chi connectivity index (χ1v) is 8.47. The molecule has 0 saturated carbocycles. The molecule has 2 N–H and O–H groups in total. The molecule has 0 aliphatic carbocycles. The molecule has 0 saturated heterocycles. The lowest BCUT2D eigenvalue weighted by Crippen LogP contribution is -2.35. The molecule has 2 heterocycles. The van der Waals surface area contributed by atoms with Gasteiger partial charge in [0.05, 0.1) is 29.2 Å². The molecule has 5 nitrogen and oxygen atoms in total. The third kappa shape index (κ3) is 4.77. The first kappa shape index (κ1) is 19.6.